The molecule has 0 unspecified atom stereocenters. The minimum Gasteiger partial charge on any atom is -0.386 e. The van der Waals surface area contributed by atoms with Gasteiger partial charge in [-0.2, -0.15) is 22.0 Å². The Kier molecular flexibility index (Phi) is 8.22. The number of hydrogen-bond donors (Lipinski definition) is 1. The first-order valence-electron chi connectivity index (χ1n) is 10.3. The number of hydrogen-bond acceptors (Lipinski definition) is 3. The van der Waals surface area contributed by atoms with Crippen LogP contribution in [0.2, 0.25) is 10.2 Å². The molecule has 0 saturated heterocycles. The molecule has 4 nitrogen and oxygen atoms in total. The Labute approximate surface area is 208 Å². The molecule has 1 heterocycles. The third-order valence-corrected chi connectivity index (χ3v) is 5.75. The van der Waals surface area contributed by atoms with E-state index in [9.17, 15) is 26.7 Å². The van der Waals surface area contributed by atoms with Gasteiger partial charge in [0.1, 0.15) is 5.15 Å². The maximum absolute atomic E-state index is 13.6. The van der Waals surface area contributed by atoms with Crippen molar-refractivity contribution >= 4 is 34.8 Å². The van der Waals surface area contributed by atoms with Gasteiger partial charge in [-0.1, -0.05) is 59.6 Å². The number of pyridine rings is 1. The van der Waals surface area contributed by atoms with Crippen LogP contribution in [-0.4, -0.2) is 35.6 Å². The predicted octanol–water partition coefficient (Wildman–Crippen LogP) is 6.97. The second-order valence-electron chi connectivity index (χ2n) is 7.67. The highest BCUT2D eigenvalue weighted by Gasteiger charge is 2.58. The number of alkyl halides is 5. The van der Waals surface area contributed by atoms with E-state index in [0.29, 0.717) is 34.8 Å². The van der Waals surface area contributed by atoms with Crippen molar-refractivity contribution in [1.82, 2.24) is 9.88 Å². The summed E-state index contributed by atoms with van der Waals surface area (Å²) >= 11 is 11.9. The van der Waals surface area contributed by atoms with Gasteiger partial charge in [-0.15, -0.1) is 0 Å². The molecule has 3 aromatic rings. The normalized spacial score (nSPS) is 11.9. The number of nitrogens with one attached hydrogen (secondary N) is 1. The topological polar surface area (TPSA) is 45.2 Å². The lowest BCUT2D eigenvalue weighted by Gasteiger charge is -2.25. The first-order valence-corrected chi connectivity index (χ1v) is 11.1. The van der Waals surface area contributed by atoms with E-state index < -0.39 is 23.6 Å². The third-order valence-electron chi connectivity index (χ3n) is 5.29. The summed E-state index contributed by atoms with van der Waals surface area (Å²) in [5.41, 5.74) is 0.766. The van der Waals surface area contributed by atoms with E-state index in [-0.39, 0.29) is 23.8 Å². The second-order valence-corrected chi connectivity index (χ2v) is 8.50. The van der Waals surface area contributed by atoms with Gasteiger partial charge in [-0.25, -0.2) is 4.98 Å². The summed E-state index contributed by atoms with van der Waals surface area (Å²) in [5.74, 6) is -5.40. The molecule has 0 spiro atoms. The van der Waals surface area contributed by atoms with Crippen LogP contribution in [0.4, 0.5) is 27.6 Å². The lowest BCUT2D eigenvalue weighted by molar-refractivity contribution is -0.289. The molecule has 3 rings (SSSR count). The highest BCUT2D eigenvalue weighted by atomic mass is 35.5. The number of amides is 1. The molecule has 0 fully saturated rings. The molecule has 0 aliphatic carbocycles. The SMILES string of the molecule is CNc1cnc(Cl)cc1C(=O)N(CCc1ccc(Cl)cc1)Cc1ccc(C(F)(F)C(F)(F)F)cc1. The Morgan fingerprint density at radius 1 is 0.971 bits per heavy atom. The fourth-order valence-electron chi connectivity index (χ4n) is 3.35. The van der Waals surface area contributed by atoms with Gasteiger partial charge in [0.25, 0.3) is 5.91 Å². The average Bonchev–Trinajstić information content (AvgIpc) is 2.82. The second kappa shape index (κ2) is 10.8. The lowest BCUT2D eigenvalue weighted by Crippen LogP contribution is -2.34. The molecule has 35 heavy (non-hydrogen) atoms. The highest BCUT2D eigenvalue weighted by molar-refractivity contribution is 6.30. The molecule has 0 bridgehead atoms. The summed E-state index contributed by atoms with van der Waals surface area (Å²) in [4.78, 5) is 18.8. The van der Waals surface area contributed by atoms with Crippen LogP contribution in [-0.2, 0) is 18.9 Å². The molecule has 186 valence electrons. The van der Waals surface area contributed by atoms with Crippen LogP contribution in [0.15, 0.2) is 60.8 Å². The van der Waals surface area contributed by atoms with E-state index in [2.05, 4.69) is 10.3 Å². The zero-order valence-electron chi connectivity index (χ0n) is 18.3. The first-order chi connectivity index (χ1) is 16.4. The van der Waals surface area contributed by atoms with Crippen molar-refractivity contribution in [3.8, 4) is 0 Å². The number of carbonyl (C=O) groups excluding carboxylic acids is 1. The maximum Gasteiger partial charge on any atom is 0.458 e. The van der Waals surface area contributed by atoms with Crippen LogP contribution in [0.1, 0.15) is 27.0 Å². The number of anilines is 1. The van der Waals surface area contributed by atoms with Gasteiger partial charge in [0.15, 0.2) is 0 Å². The Balaban J connectivity index is 1.88. The van der Waals surface area contributed by atoms with Gasteiger partial charge < -0.3 is 10.2 Å². The Hall–Kier alpha value is -2.91. The third kappa shape index (κ3) is 6.41. The van der Waals surface area contributed by atoms with Crippen molar-refractivity contribution in [3.05, 3.63) is 93.2 Å². The molecule has 0 aliphatic heterocycles. The quantitative estimate of drug-likeness (QED) is 0.252. The zero-order chi connectivity index (χ0) is 25.8. The molecule has 1 aromatic heterocycles. The molecule has 0 saturated carbocycles. The van der Waals surface area contributed by atoms with E-state index in [4.69, 9.17) is 23.2 Å². The van der Waals surface area contributed by atoms with Gasteiger partial charge in [-0.05, 0) is 35.7 Å². The fourth-order valence-corrected chi connectivity index (χ4v) is 3.63. The van der Waals surface area contributed by atoms with E-state index >= 15 is 0 Å². The molecule has 0 atom stereocenters. The number of carbonyl (C=O) groups is 1. The molecule has 0 aliphatic rings. The van der Waals surface area contributed by atoms with Crippen molar-refractivity contribution in [3.63, 3.8) is 0 Å². The Morgan fingerprint density at radius 3 is 2.14 bits per heavy atom. The number of benzene rings is 2. The highest BCUT2D eigenvalue weighted by Crippen LogP contribution is 2.43. The number of aromatic nitrogens is 1. The monoisotopic (exact) mass is 531 g/mol. The van der Waals surface area contributed by atoms with E-state index in [1.54, 1.807) is 31.3 Å². The van der Waals surface area contributed by atoms with Gasteiger partial charge in [0.2, 0.25) is 0 Å². The average molecular weight is 532 g/mol. The molecule has 11 heteroatoms. The van der Waals surface area contributed by atoms with Gasteiger partial charge in [0.05, 0.1) is 17.4 Å². The Bertz CT molecular complexity index is 1170. The molecular weight excluding hydrogens is 512 g/mol. The fraction of sp³-hybridized carbons (Fsp3) is 0.250. The summed E-state index contributed by atoms with van der Waals surface area (Å²) in [6.45, 7) is 0.192. The number of nitrogens with zero attached hydrogens (tertiary/aromatic N) is 2. The largest absolute Gasteiger partial charge is 0.458 e. The number of halogens is 7. The Morgan fingerprint density at radius 2 is 1.57 bits per heavy atom. The summed E-state index contributed by atoms with van der Waals surface area (Å²) in [6.07, 6.45) is -3.86. The van der Waals surface area contributed by atoms with Crippen LogP contribution in [0, 0.1) is 0 Å². The minimum absolute atomic E-state index is 0.0343. The summed E-state index contributed by atoms with van der Waals surface area (Å²) in [6, 6.07) is 12.2. The predicted molar refractivity (Wildman–Crippen MR) is 125 cm³/mol. The summed E-state index contributed by atoms with van der Waals surface area (Å²) in [5, 5.41) is 3.53. The molecule has 2 aromatic carbocycles. The van der Waals surface area contributed by atoms with Crippen LogP contribution >= 0.6 is 23.2 Å². The maximum atomic E-state index is 13.6. The zero-order valence-corrected chi connectivity index (χ0v) is 19.9. The van der Waals surface area contributed by atoms with Crippen molar-refractivity contribution in [2.45, 2.75) is 25.1 Å². The van der Waals surface area contributed by atoms with E-state index in [1.165, 1.54) is 17.2 Å². The minimum atomic E-state index is -5.71. The smallest absolute Gasteiger partial charge is 0.386 e. The van der Waals surface area contributed by atoms with Crippen LogP contribution in [0.25, 0.3) is 0 Å². The van der Waals surface area contributed by atoms with E-state index in [1.807, 2.05) is 0 Å². The number of rotatable bonds is 8. The van der Waals surface area contributed by atoms with Gasteiger partial charge >= 0.3 is 12.1 Å². The van der Waals surface area contributed by atoms with Gasteiger partial charge in [-0.3, -0.25) is 4.79 Å². The van der Waals surface area contributed by atoms with Crippen molar-refractivity contribution in [2.75, 3.05) is 18.9 Å². The van der Waals surface area contributed by atoms with Crippen molar-refractivity contribution in [2.24, 2.45) is 0 Å². The van der Waals surface area contributed by atoms with Crippen LogP contribution < -0.4 is 5.32 Å². The van der Waals surface area contributed by atoms with Crippen LogP contribution in [0.3, 0.4) is 0 Å². The molecule has 1 N–H and O–H groups in total. The molecule has 1 amide bonds. The summed E-state index contributed by atoms with van der Waals surface area (Å²) in [7, 11) is 1.61. The van der Waals surface area contributed by atoms with Crippen molar-refractivity contribution < 1.29 is 26.7 Å². The van der Waals surface area contributed by atoms with Gasteiger partial charge in [0, 0.05) is 30.7 Å². The molecular formula is C24H20Cl2F5N3O. The van der Waals surface area contributed by atoms with Crippen molar-refractivity contribution in [1.29, 1.82) is 0 Å². The molecule has 0 radical (unpaired) electrons. The first kappa shape index (κ1) is 26.7. The standard InChI is InChI=1S/C24H20Cl2F5N3O/c1-32-20-13-33-21(26)12-19(20)22(35)34(11-10-15-4-8-18(25)9-5-15)14-16-2-6-17(7-3-16)23(27,28)24(29,30)31/h2-9,12-13,32H,10-11,14H2,1H3. The van der Waals surface area contributed by atoms with E-state index in [0.717, 1.165) is 17.7 Å². The lowest BCUT2D eigenvalue weighted by atomic mass is 10.0. The van der Waals surface area contributed by atoms with Crippen LogP contribution in [0.5, 0.6) is 0 Å². The summed E-state index contributed by atoms with van der Waals surface area (Å²) < 4.78 is 65.3.